The van der Waals surface area contributed by atoms with Crippen LogP contribution in [-0.2, 0) is 14.6 Å². The molecule has 0 saturated heterocycles. The van der Waals surface area contributed by atoms with Gasteiger partial charge in [0.1, 0.15) is 5.76 Å². The van der Waals surface area contributed by atoms with E-state index in [1.165, 1.54) is 6.26 Å². The Morgan fingerprint density at radius 2 is 2.19 bits per heavy atom. The van der Waals surface area contributed by atoms with Gasteiger partial charge in [0.2, 0.25) is 0 Å². The van der Waals surface area contributed by atoms with E-state index in [2.05, 4.69) is 18.3 Å². The molecule has 0 aliphatic carbocycles. The maximum Gasteiger partial charge on any atom is 0.175 e. The minimum Gasteiger partial charge on any atom is -0.496 e. The standard InChI is InChI=1S/C16H23NO3S/c1-3-10-17-16(15-9-4-5-11-20-15)13-7-6-8-14(12-13)21(2,18)19/h6-9,12,16-17H,3-5,10-11H2,1-2H3. The molecule has 2 rings (SSSR count). The highest BCUT2D eigenvalue weighted by Gasteiger charge is 2.20. The van der Waals surface area contributed by atoms with Crippen molar-refractivity contribution in [3.05, 3.63) is 41.7 Å². The molecule has 1 aliphatic rings. The van der Waals surface area contributed by atoms with Crippen molar-refractivity contribution in [3.8, 4) is 0 Å². The minimum atomic E-state index is -3.20. The van der Waals surface area contributed by atoms with Crippen LogP contribution < -0.4 is 5.32 Å². The second-order valence-corrected chi connectivity index (χ2v) is 7.34. The van der Waals surface area contributed by atoms with E-state index in [1.807, 2.05) is 6.07 Å². The fourth-order valence-electron chi connectivity index (χ4n) is 2.37. The fourth-order valence-corrected chi connectivity index (χ4v) is 3.05. The van der Waals surface area contributed by atoms with E-state index in [9.17, 15) is 8.42 Å². The van der Waals surface area contributed by atoms with Crippen LogP contribution in [0.5, 0.6) is 0 Å². The molecule has 0 bridgehead atoms. The van der Waals surface area contributed by atoms with Crippen molar-refractivity contribution < 1.29 is 13.2 Å². The highest BCUT2D eigenvalue weighted by atomic mass is 32.2. The molecule has 0 spiro atoms. The van der Waals surface area contributed by atoms with Crippen molar-refractivity contribution in [1.82, 2.24) is 5.32 Å². The molecule has 1 aromatic rings. The van der Waals surface area contributed by atoms with Gasteiger partial charge < -0.3 is 10.1 Å². The number of sulfone groups is 1. The molecule has 1 aliphatic heterocycles. The molecule has 0 amide bonds. The summed E-state index contributed by atoms with van der Waals surface area (Å²) in [7, 11) is -3.20. The zero-order chi connectivity index (χ0) is 15.3. The summed E-state index contributed by atoms with van der Waals surface area (Å²) in [5, 5.41) is 3.45. The SMILES string of the molecule is CCCNC(C1=CCCCO1)c1cccc(S(C)(=O)=O)c1. The first-order chi connectivity index (χ1) is 10.0. The van der Waals surface area contributed by atoms with Crippen LogP contribution in [0.15, 0.2) is 41.0 Å². The van der Waals surface area contributed by atoms with Gasteiger partial charge in [-0.3, -0.25) is 0 Å². The van der Waals surface area contributed by atoms with Crippen molar-refractivity contribution in [2.24, 2.45) is 0 Å². The van der Waals surface area contributed by atoms with E-state index in [4.69, 9.17) is 4.74 Å². The summed E-state index contributed by atoms with van der Waals surface area (Å²) in [6, 6.07) is 7.02. The first kappa shape index (κ1) is 16.0. The van der Waals surface area contributed by atoms with E-state index in [1.54, 1.807) is 18.2 Å². The smallest absolute Gasteiger partial charge is 0.175 e. The Morgan fingerprint density at radius 1 is 1.38 bits per heavy atom. The minimum absolute atomic E-state index is 0.0769. The number of ether oxygens (including phenoxy) is 1. The molecule has 0 aromatic heterocycles. The molecular weight excluding hydrogens is 286 g/mol. The Kier molecular flexibility index (Phi) is 5.42. The van der Waals surface area contributed by atoms with E-state index < -0.39 is 9.84 Å². The zero-order valence-corrected chi connectivity index (χ0v) is 13.4. The van der Waals surface area contributed by atoms with Gasteiger partial charge in [-0.05, 0) is 49.6 Å². The van der Waals surface area contributed by atoms with Gasteiger partial charge in [0.15, 0.2) is 9.84 Å². The number of hydrogen-bond donors (Lipinski definition) is 1. The Balaban J connectivity index is 2.34. The van der Waals surface area contributed by atoms with Crippen LogP contribution in [0.4, 0.5) is 0 Å². The summed E-state index contributed by atoms with van der Waals surface area (Å²) in [5.41, 5.74) is 0.930. The average Bonchev–Trinajstić information content (AvgIpc) is 2.48. The van der Waals surface area contributed by atoms with Gasteiger partial charge in [-0.1, -0.05) is 19.1 Å². The molecule has 1 aromatic carbocycles. The largest absolute Gasteiger partial charge is 0.496 e. The van der Waals surface area contributed by atoms with Crippen LogP contribution in [0.3, 0.4) is 0 Å². The lowest BCUT2D eigenvalue weighted by Gasteiger charge is -2.25. The number of hydrogen-bond acceptors (Lipinski definition) is 4. The van der Waals surface area contributed by atoms with Crippen molar-refractivity contribution in [2.75, 3.05) is 19.4 Å². The third kappa shape index (κ3) is 4.32. The molecule has 1 heterocycles. The summed E-state index contributed by atoms with van der Waals surface area (Å²) >= 11 is 0. The first-order valence-electron chi connectivity index (χ1n) is 7.38. The fraction of sp³-hybridized carbons (Fsp3) is 0.500. The maximum absolute atomic E-state index is 11.7. The summed E-state index contributed by atoms with van der Waals surface area (Å²) in [4.78, 5) is 0.347. The van der Waals surface area contributed by atoms with Crippen molar-refractivity contribution in [1.29, 1.82) is 0 Å². The van der Waals surface area contributed by atoms with Crippen LogP contribution >= 0.6 is 0 Å². The van der Waals surface area contributed by atoms with Crippen LogP contribution in [0.1, 0.15) is 37.8 Å². The summed E-state index contributed by atoms with van der Waals surface area (Å²) in [6.45, 7) is 3.68. The van der Waals surface area contributed by atoms with E-state index >= 15 is 0 Å². The molecule has 1 unspecified atom stereocenters. The van der Waals surface area contributed by atoms with Gasteiger partial charge in [-0.15, -0.1) is 0 Å². The lowest BCUT2D eigenvalue weighted by molar-refractivity contribution is 0.167. The van der Waals surface area contributed by atoms with Crippen LogP contribution in [-0.4, -0.2) is 27.8 Å². The number of nitrogens with one attached hydrogen (secondary N) is 1. The van der Waals surface area contributed by atoms with Gasteiger partial charge in [0, 0.05) is 6.26 Å². The van der Waals surface area contributed by atoms with Crippen molar-refractivity contribution in [2.45, 2.75) is 37.1 Å². The Labute approximate surface area is 127 Å². The normalized spacial score (nSPS) is 17.0. The lowest BCUT2D eigenvalue weighted by atomic mass is 10.0. The van der Waals surface area contributed by atoms with Gasteiger partial charge in [0.25, 0.3) is 0 Å². The summed E-state index contributed by atoms with van der Waals surface area (Å²) in [6.07, 6.45) is 6.38. The van der Waals surface area contributed by atoms with Gasteiger partial charge in [-0.25, -0.2) is 8.42 Å². The van der Waals surface area contributed by atoms with Crippen LogP contribution in [0, 0.1) is 0 Å². The second-order valence-electron chi connectivity index (χ2n) is 5.33. The Morgan fingerprint density at radius 3 is 2.81 bits per heavy atom. The third-order valence-electron chi connectivity index (χ3n) is 3.47. The molecule has 0 radical (unpaired) electrons. The first-order valence-corrected chi connectivity index (χ1v) is 9.27. The Hall–Kier alpha value is -1.33. The number of benzene rings is 1. The van der Waals surface area contributed by atoms with Crippen LogP contribution in [0.2, 0.25) is 0 Å². The molecule has 4 nitrogen and oxygen atoms in total. The lowest BCUT2D eigenvalue weighted by Crippen LogP contribution is -2.26. The van der Waals surface area contributed by atoms with Gasteiger partial charge >= 0.3 is 0 Å². The molecule has 5 heteroatoms. The molecule has 116 valence electrons. The van der Waals surface area contributed by atoms with Crippen molar-refractivity contribution >= 4 is 9.84 Å². The van der Waals surface area contributed by atoms with Crippen molar-refractivity contribution in [3.63, 3.8) is 0 Å². The highest BCUT2D eigenvalue weighted by Crippen LogP contribution is 2.27. The number of allylic oxidation sites excluding steroid dienone is 1. The average molecular weight is 309 g/mol. The summed E-state index contributed by atoms with van der Waals surface area (Å²) < 4.78 is 29.2. The Bertz CT molecular complexity index is 608. The molecule has 0 fully saturated rings. The molecule has 1 N–H and O–H groups in total. The zero-order valence-electron chi connectivity index (χ0n) is 12.6. The van der Waals surface area contributed by atoms with E-state index in [0.29, 0.717) is 4.90 Å². The monoisotopic (exact) mass is 309 g/mol. The maximum atomic E-state index is 11.7. The molecule has 1 atom stereocenters. The quantitative estimate of drug-likeness (QED) is 0.878. The van der Waals surface area contributed by atoms with Crippen LogP contribution in [0.25, 0.3) is 0 Å². The molecule has 21 heavy (non-hydrogen) atoms. The predicted octanol–water partition coefficient (Wildman–Crippen LogP) is 2.83. The molecular formula is C16H23NO3S. The topological polar surface area (TPSA) is 55.4 Å². The summed E-state index contributed by atoms with van der Waals surface area (Å²) in [5.74, 6) is 0.903. The highest BCUT2D eigenvalue weighted by molar-refractivity contribution is 7.90. The number of rotatable bonds is 6. The van der Waals surface area contributed by atoms with Gasteiger partial charge in [-0.2, -0.15) is 0 Å². The third-order valence-corrected chi connectivity index (χ3v) is 4.58. The predicted molar refractivity (Wildman–Crippen MR) is 83.9 cm³/mol. The van der Waals surface area contributed by atoms with E-state index in [0.717, 1.165) is 43.7 Å². The second kappa shape index (κ2) is 7.09. The molecule has 0 saturated carbocycles. The van der Waals surface area contributed by atoms with Gasteiger partial charge in [0.05, 0.1) is 17.5 Å². The van der Waals surface area contributed by atoms with E-state index in [-0.39, 0.29) is 6.04 Å².